The van der Waals surface area contributed by atoms with Gasteiger partial charge in [0.25, 0.3) is 0 Å². The zero-order valence-electron chi connectivity index (χ0n) is 15.2. The molecule has 7 heteroatoms. The van der Waals surface area contributed by atoms with Gasteiger partial charge < -0.3 is 15.0 Å². The van der Waals surface area contributed by atoms with Gasteiger partial charge in [-0.3, -0.25) is 9.69 Å². The van der Waals surface area contributed by atoms with Gasteiger partial charge in [-0.05, 0) is 70.0 Å². The first kappa shape index (κ1) is 19.0. The third-order valence-electron chi connectivity index (χ3n) is 5.43. The maximum Gasteiger partial charge on any atom is 0.387 e. The highest BCUT2D eigenvalue weighted by Crippen LogP contribution is 2.23. The topological polar surface area (TPSA) is 44.8 Å². The van der Waals surface area contributed by atoms with Gasteiger partial charge >= 0.3 is 6.61 Å². The second-order valence-electron chi connectivity index (χ2n) is 7.08. The van der Waals surface area contributed by atoms with Crippen molar-refractivity contribution in [3.05, 3.63) is 24.3 Å². The fourth-order valence-electron chi connectivity index (χ4n) is 3.88. The first-order valence-corrected chi connectivity index (χ1v) is 9.37. The lowest BCUT2D eigenvalue weighted by molar-refractivity contribution is -0.121. The highest BCUT2D eigenvalue weighted by atomic mass is 19.3. The van der Waals surface area contributed by atoms with Crippen molar-refractivity contribution in [3.8, 4) is 5.75 Å². The van der Waals surface area contributed by atoms with E-state index in [-0.39, 0.29) is 17.7 Å². The molecular weight excluding hydrogens is 340 g/mol. The number of hydrogen-bond acceptors (Lipinski definition) is 4. The Balaban J connectivity index is 1.47. The molecule has 1 aromatic carbocycles. The monoisotopic (exact) mass is 367 g/mol. The van der Waals surface area contributed by atoms with Crippen LogP contribution >= 0.6 is 0 Å². The van der Waals surface area contributed by atoms with E-state index in [9.17, 15) is 13.6 Å². The van der Waals surface area contributed by atoms with Crippen LogP contribution in [-0.4, -0.2) is 60.6 Å². The molecule has 3 rings (SSSR count). The van der Waals surface area contributed by atoms with E-state index in [1.807, 2.05) is 6.92 Å². The molecular formula is C19H27F2N3O2. The standard InChI is InChI=1S/C19H27F2N3O2/c1-14(23-12-8-16(9-13-23)24-10-2-3-11-24)18(25)22-15-4-6-17(7-5-15)26-19(20)21/h4-7,14,16,19H,2-3,8-13H2,1H3,(H,22,25). The molecule has 1 amide bonds. The van der Waals surface area contributed by atoms with Crippen molar-refractivity contribution in [1.29, 1.82) is 0 Å². The first-order valence-electron chi connectivity index (χ1n) is 9.37. The molecule has 0 saturated carbocycles. The summed E-state index contributed by atoms with van der Waals surface area (Å²) in [6, 6.07) is 6.43. The Hall–Kier alpha value is -1.73. The molecule has 2 saturated heterocycles. The van der Waals surface area contributed by atoms with Gasteiger partial charge in [-0.2, -0.15) is 8.78 Å². The quantitative estimate of drug-likeness (QED) is 0.839. The average molecular weight is 367 g/mol. The number of piperidine rings is 1. The number of likely N-dealkylation sites (tertiary alicyclic amines) is 2. The number of ether oxygens (including phenoxy) is 1. The molecule has 2 fully saturated rings. The molecule has 0 radical (unpaired) electrons. The van der Waals surface area contributed by atoms with Gasteiger partial charge in [0.15, 0.2) is 0 Å². The number of anilines is 1. The summed E-state index contributed by atoms with van der Waals surface area (Å²) in [6.07, 6.45) is 4.83. The summed E-state index contributed by atoms with van der Waals surface area (Å²) >= 11 is 0. The van der Waals surface area contributed by atoms with Crippen molar-refractivity contribution in [2.45, 2.75) is 51.3 Å². The van der Waals surface area contributed by atoms with Gasteiger partial charge in [0, 0.05) is 24.8 Å². The summed E-state index contributed by atoms with van der Waals surface area (Å²) in [5.41, 5.74) is 0.579. The molecule has 144 valence electrons. The Bertz CT molecular complexity index is 583. The maximum absolute atomic E-state index is 12.5. The Morgan fingerprint density at radius 1 is 1.12 bits per heavy atom. The smallest absolute Gasteiger partial charge is 0.387 e. The first-order chi connectivity index (χ1) is 12.5. The lowest BCUT2D eigenvalue weighted by Crippen LogP contribution is -2.50. The third-order valence-corrected chi connectivity index (χ3v) is 5.43. The van der Waals surface area contributed by atoms with E-state index in [1.165, 1.54) is 38.1 Å². The van der Waals surface area contributed by atoms with Gasteiger partial charge in [-0.1, -0.05) is 0 Å². The number of rotatable bonds is 6. The number of carbonyl (C=O) groups excluding carboxylic acids is 1. The summed E-state index contributed by atoms with van der Waals surface area (Å²) in [6.45, 7) is 3.35. The second kappa shape index (κ2) is 8.77. The highest BCUT2D eigenvalue weighted by molar-refractivity contribution is 5.94. The van der Waals surface area contributed by atoms with Crippen LogP contribution in [0.2, 0.25) is 0 Å². The van der Waals surface area contributed by atoms with E-state index < -0.39 is 6.61 Å². The number of benzene rings is 1. The predicted octanol–water partition coefficient (Wildman–Crippen LogP) is 3.18. The maximum atomic E-state index is 12.5. The molecule has 2 aliphatic heterocycles. The molecule has 1 unspecified atom stereocenters. The number of nitrogens with one attached hydrogen (secondary N) is 1. The zero-order valence-corrected chi connectivity index (χ0v) is 15.2. The van der Waals surface area contributed by atoms with Crippen LogP contribution in [0.1, 0.15) is 32.6 Å². The van der Waals surface area contributed by atoms with Crippen LogP contribution in [0.3, 0.4) is 0 Å². The summed E-state index contributed by atoms with van der Waals surface area (Å²) < 4.78 is 28.6. The van der Waals surface area contributed by atoms with Crippen LogP contribution in [-0.2, 0) is 4.79 Å². The second-order valence-corrected chi connectivity index (χ2v) is 7.08. The number of amides is 1. The van der Waals surface area contributed by atoms with Crippen molar-refractivity contribution < 1.29 is 18.3 Å². The fourth-order valence-corrected chi connectivity index (χ4v) is 3.88. The van der Waals surface area contributed by atoms with Gasteiger partial charge in [0.1, 0.15) is 5.75 Å². The average Bonchev–Trinajstić information content (AvgIpc) is 3.17. The molecule has 0 aliphatic carbocycles. The summed E-state index contributed by atoms with van der Waals surface area (Å²) in [7, 11) is 0. The molecule has 1 N–H and O–H groups in total. The van der Waals surface area contributed by atoms with Gasteiger partial charge in [-0.25, -0.2) is 0 Å². The molecule has 2 heterocycles. The lowest BCUT2D eigenvalue weighted by atomic mass is 10.0. The van der Waals surface area contributed by atoms with Crippen molar-refractivity contribution in [1.82, 2.24) is 9.80 Å². The van der Waals surface area contributed by atoms with Crippen LogP contribution in [0, 0.1) is 0 Å². The van der Waals surface area contributed by atoms with Gasteiger partial charge in [0.2, 0.25) is 5.91 Å². The van der Waals surface area contributed by atoms with Gasteiger partial charge in [0.05, 0.1) is 6.04 Å². The minimum absolute atomic E-state index is 0.0767. The van der Waals surface area contributed by atoms with E-state index in [0.29, 0.717) is 11.7 Å². The van der Waals surface area contributed by atoms with Crippen LogP contribution in [0.15, 0.2) is 24.3 Å². The molecule has 1 atom stereocenters. The molecule has 2 aliphatic rings. The van der Waals surface area contributed by atoms with Crippen LogP contribution < -0.4 is 10.1 Å². The van der Waals surface area contributed by atoms with E-state index >= 15 is 0 Å². The van der Waals surface area contributed by atoms with Crippen LogP contribution in [0.4, 0.5) is 14.5 Å². The predicted molar refractivity (Wildman–Crippen MR) is 96.6 cm³/mol. The molecule has 1 aromatic rings. The Kier molecular flexibility index (Phi) is 6.43. The zero-order chi connectivity index (χ0) is 18.5. The highest BCUT2D eigenvalue weighted by Gasteiger charge is 2.30. The van der Waals surface area contributed by atoms with Crippen molar-refractivity contribution >= 4 is 11.6 Å². The Labute approximate surface area is 153 Å². The van der Waals surface area contributed by atoms with Gasteiger partial charge in [-0.15, -0.1) is 0 Å². The lowest BCUT2D eigenvalue weighted by Gasteiger charge is -2.38. The van der Waals surface area contributed by atoms with E-state index in [4.69, 9.17) is 0 Å². The third kappa shape index (κ3) is 4.92. The fraction of sp³-hybridized carbons (Fsp3) is 0.632. The Morgan fingerprint density at radius 3 is 2.31 bits per heavy atom. The molecule has 0 bridgehead atoms. The number of halogens is 2. The normalized spacial score (nSPS) is 21.1. The largest absolute Gasteiger partial charge is 0.435 e. The van der Waals surface area contributed by atoms with E-state index in [2.05, 4.69) is 19.9 Å². The minimum atomic E-state index is -2.85. The summed E-state index contributed by atoms with van der Waals surface area (Å²) in [4.78, 5) is 17.3. The number of carbonyl (C=O) groups is 1. The van der Waals surface area contributed by atoms with Crippen molar-refractivity contribution in [2.24, 2.45) is 0 Å². The Morgan fingerprint density at radius 2 is 1.73 bits per heavy atom. The van der Waals surface area contributed by atoms with E-state index in [1.54, 1.807) is 12.1 Å². The SMILES string of the molecule is CC(C(=O)Nc1ccc(OC(F)F)cc1)N1CCC(N2CCCC2)CC1. The van der Waals surface area contributed by atoms with Crippen LogP contribution in [0.25, 0.3) is 0 Å². The van der Waals surface area contributed by atoms with Crippen molar-refractivity contribution in [3.63, 3.8) is 0 Å². The van der Waals surface area contributed by atoms with E-state index in [0.717, 1.165) is 25.9 Å². The van der Waals surface area contributed by atoms with Crippen molar-refractivity contribution in [2.75, 3.05) is 31.5 Å². The summed E-state index contributed by atoms with van der Waals surface area (Å²) in [5.74, 6) is 0.00202. The minimum Gasteiger partial charge on any atom is -0.435 e. The number of alkyl halides is 2. The molecule has 0 aromatic heterocycles. The molecule has 26 heavy (non-hydrogen) atoms. The summed E-state index contributed by atoms with van der Waals surface area (Å²) in [5, 5.41) is 2.85. The van der Waals surface area contributed by atoms with Crippen LogP contribution in [0.5, 0.6) is 5.75 Å². The number of nitrogens with zero attached hydrogens (tertiary/aromatic N) is 2. The molecule has 5 nitrogen and oxygen atoms in total. The number of hydrogen-bond donors (Lipinski definition) is 1. The molecule has 0 spiro atoms.